The van der Waals surface area contributed by atoms with Crippen molar-refractivity contribution in [2.75, 3.05) is 5.32 Å². The standard InChI is InChI=1S/C18H19FN4/c1-12-5-3-7-14(9-12)18(20)21-11-16(19)17(23-18)22-15-8-4-6-13(2)10-15/h3-11,22-23H,20H2,1-2H3. The summed E-state index contributed by atoms with van der Waals surface area (Å²) in [7, 11) is 0. The number of benzene rings is 2. The number of nitrogens with zero attached hydrogens (tertiary/aromatic N) is 1. The zero-order valence-electron chi connectivity index (χ0n) is 13.1. The van der Waals surface area contributed by atoms with Gasteiger partial charge in [0, 0.05) is 11.3 Å². The van der Waals surface area contributed by atoms with Crippen molar-refractivity contribution in [3.8, 4) is 0 Å². The van der Waals surface area contributed by atoms with Crippen molar-refractivity contribution in [3.63, 3.8) is 0 Å². The molecule has 1 unspecified atom stereocenters. The van der Waals surface area contributed by atoms with Gasteiger partial charge in [0.2, 0.25) is 5.79 Å². The van der Waals surface area contributed by atoms with Gasteiger partial charge in [-0.3, -0.25) is 5.73 Å². The molecule has 0 fully saturated rings. The molecule has 5 heteroatoms. The molecular formula is C18H19FN4. The van der Waals surface area contributed by atoms with Gasteiger partial charge >= 0.3 is 0 Å². The Hall–Kier alpha value is -2.66. The monoisotopic (exact) mass is 310 g/mol. The molecule has 0 aliphatic carbocycles. The first kappa shape index (κ1) is 15.2. The van der Waals surface area contributed by atoms with E-state index in [1.807, 2.05) is 62.4 Å². The zero-order valence-corrected chi connectivity index (χ0v) is 13.1. The fourth-order valence-corrected chi connectivity index (χ4v) is 2.49. The number of nitrogens with one attached hydrogen (secondary N) is 2. The molecule has 23 heavy (non-hydrogen) atoms. The van der Waals surface area contributed by atoms with Crippen LogP contribution in [0.1, 0.15) is 16.7 Å². The first-order valence-electron chi connectivity index (χ1n) is 7.39. The molecular weight excluding hydrogens is 291 g/mol. The number of hydrogen-bond acceptors (Lipinski definition) is 4. The number of halogens is 1. The molecule has 1 aliphatic rings. The molecule has 118 valence electrons. The molecule has 2 aromatic rings. The summed E-state index contributed by atoms with van der Waals surface area (Å²) in [5.74, 6) is -1.48. The minimum atomic E-state index is -1.20. The maximum Gasteiger partial charge on any atom is 0.210 e. The molecule has 0 radical (unpaired) electrons. The summed E-state index contributed by atoms with van der Waals surface area (Å²) in [6.07, 6.45) is 1.15. The van der Waals surface area contributed by atoms with Crippen molar-refractivity contribution in [1.29, 1.82) is 0 Å². The largest absolute Gasteiger partial charge is 0.339 e. The van der Waals surface area contributed by atoms with E-state index >= 15 is 0 Å². The Morgan fingerprint density at radius 1 is 1.09 bits per heavy atom. The van der Waals surface area contributed by atoms with Gasteiger partial charge in [0.15, 0.2) is 5.83 Å². The van der Waals surface area contributed by atoms with Crippen molar-refractivity contribution in [2.24, 2.45) is 10.7 Å². The Kier molecular flexibility index (Phi) is 3.88. The minimum Gasteiger partial charge on any atom is -0.339 e. The van der Waals surface area contributed by atoms with Gasteiger partial charge < -0.3 is 10.6 Å². The van der Waals surface area contributed by atoms with Crippen LogP contribution < -0.4 is 16.4 Å². The molecule has 0 aromatic heterocycles. The molecule has 1 heterocycles. The summed E-state index contributed by atoms with van der Waals surface area (Å²) in [6, 6.07) is 15.3. The van der Waals surface area contributed by atoms with Crippen molar-refractivity contribution in [3.05, 3.63) is 76.9 Å². The van der Waals surface area contributed by atoms with E-state index in [4.69, 9.17) is 5.73 Å². The summed E-state index contributed by atoms with van der Waals surface area (Å²) < 4.78 is 14.1. The molecule has 4 nitrogen and oxygen atoms in total. The van der Waals surface area contributed by atoms with Gasteiger partial charge in [-0.15, -0.1) is 0 Å². The van der Waals surface area contributed by atoms with E-state index in [1.54, 1.807) is 0 Å². The van der Waals surface area contributed by atoms with E-state index in [0.717, 1.165) is 28.6 Å². The maximum absolute atomic E-state index is 14.1. The predicted molar refractivity (Wildman–Crippen MR) is 91.6 cm³/mol. The van der Waals surface area contributed by atoms with Crippen molar-refractivity contribution in [1.82, 2.24) is 5.32 Å². The molecule has 0 saturated heterocycles. The van der Waals surface area contributed by atoms with Crippen LogP contribution in [0.15, 0.2) is 65.2 Å². The minimum absolute atomic E-state index is 0.203. The number of anilines is 1. The van der Waals surface area contributed by atoms with Gasteiger partial charge in [-0.1, -0.05) is 42.0 Å². The van der Waals surface area contributed by atoms with E-state index in [2.05, 4.69) is 15.6 Å². The van der Waals surface area contributed by atoms with Gasteiger partial charge in [-0.25, -0.2) is 9.38 Å². The average molecular weight is 310 g/mol. The van der Waals surface area contributed by atoms with E-state index < -0.39 is 11.6 Å². The predicted octanol–water partition coefficient (Wildman–Crippen LogP) is 3.30. The van der Waals surface area contributed by atoms with E-state index in [-0.39, 0.29) is 5.82 Å². The Balaban J connectivity index is 1.89. The second kappa shape index (κ2) is 5.85. The van der Waals surface area contributed by atoms with Crippen molar-refractivity contribution in [2.45, 2.75) is 19.6 Å². The highest BCUT2D eigenvalue weighted by Gasteiger charge is 2.31. The highest BCUT2D eigenvalue weighted by molar-refractivity contribution is 5.79. The SMILES string of the molecule is Cc1cccc(NC2=C(F)C=NC(N)(c3cccc(C)c3)N2)c1. The lowest BCUT2D eigenvalue weighted by molar-refractivity contribution is 0.386. The molecule has 0 bridgehead atoms. The molecule has 3 rings (SSSR count). The summed E-state index contributed by atoms with van der Waals surface area (Å²) in [6.45, 7) is 3.95. The van der Waals surface area contributed by atoms with Gasteiger partial charge in [0.25, 0.3) is 0 Å². The van der Waals surface area contributed by atoms with Crippen LogP contribution >= 0.6 is 0 Å². The number of aliphatic imine (C=N–C) groups is 1. The fraction of sp³-hybridized carbons (Fsp3) is 0.167. The van der Waals surface area contributed by atoms with Gasteiger partial charge in [0.1, 0.15) is 5.82 Å². The Morgan fingerprint density at radius 2 is 1.78 bits per heavy atom. The van der Waals surface area contributed by atoms with Crippen LogP contribution in [0.2, 0.25) is 0 Å². The lowest BCUT2D eigenvalue weighted by atomic mass is 10.1. The second-order valence-corrected chi connectivity index (χ2v) is 5.74. The average Bonchev–Trinajstić information content (AvgIpc) is 2.51. The van der Waals surface area contributed by atoms with Gasteiger partial charge in [-0.05, 0) is 31.5 Å². The quantitative estimate of drug-likeness (QED) is 0.815. The van der Waals surface area contributed by atoms with Gasteiger partial charge in [-0.2, -0.15) is 0 Å². The molecule has 0 spiro atoms. The van der Waals surface area contributed by atoms with Gasteiger partial charge in [0.05, 0.1) is 6.21 Å². The smallest absolute Gasteiger partial charge is 0.210 e. The first-order valence-corrected chi connectivity index (χ1v) is 7.39. The number of nitrogens with two attached hydrogens (primary N) is 1. The number of allylic oxidation sites excluding steroid dienone is 1. The maximum atomic E-state index is 14.1. The van der Waals surface area contributed by atoms with Crippen LogP contribution in [-0.4, -0.2) is 6.21 Å². The Morgan fingerprint density at radius 3 is 2.48 bits per heavy atom. The summed E-state index contributed by atoms with van der Waals surface area (Å²) in [4.78, 5) is 4.13. The topological polar surface area (TPSA) is 62.4 Å². The highest BCUT2D eigenvalue weighted by Crippen LogP contribution is 2.25. The van der Waals surface area contributed by atoms with Crippen LogP contribution in [0.5, 0.6) is 0 Å². The number of rotatable bonds is 3. The van der Waals surface area contributed by atoms with Crippen LogP contribution in [0.25, 0.3) is 0 Å². The first-order chi connectivity index (χ1) is 11.0. The normalized spacial score (nSPS) is 20.3. The van der Waals surface area contributed by atoms with E-state index in [1.165, 1.54) is 0 Å². The molecule has 4 N–H and O–H groups in total. The Labute approximate surface area is 134 Å². The lowest BCUT2D eigenvalue weighted by Gasteiger charge is -2.32. The third-order valence-corrected chi connectivity index (χ3v) is 3.68. The molecule has 0 saturated carbocycles. The fourth-order valence-electron chi connectivity index (χ4n) is 2.49. The van der Waals surface area contributed by atoms with E-state index in [0.29, 0.717) is 0 Å². The Bertz CT molecular complexity index is 797. The van der Waals surface area contributed by atoms with Crippen LogP contribution in [0.3, 0.4) is 0 Å². The number of aryl methyl sites for hydroxylation is 2. The molecule has 1 atom stereocenters. The van der Waals surface area contributed by atoms with Crippen LogP contribution in [0, 0.1) is 13.8 Å². The highest BCUT2D eigenvalue weighted by atomic mass is 19.1. The van der Waals surface area contributed by atoms with E-state index in [9.17, 15) is 4.39 Å². The second-order valence-electron chi connectivity index (χ2n) is 5.74. The summed E-state index contributed by atoms with van der Waals surface area (Å²) in [5.41, 5.74) is 10.0. The van der Waals surface area contributed by atoms with Crippen molar-refractivity contribution < 1.29 is 4.39 Å². The molecule has 1 aliphatic heterocycles. The molecule has 2 aromatic carbocycles. The number of hydrogen-bond donors (Lipinski definition) is 3. The lowest BCUT2D eigenvalue weighted by Crippen LogP contribution is -2.51. The third kappa shape index (κ3) is 3.24. The third-order valence-electron chi connectivity index (χ3n) is 3.68. The summed E-state index contributed by atoms with van der Waals surface area (Å²) in [5, 5.41) is 6.00. The zero-order chi connectivity index (χ0) is 16.4. The van der Waals surface area contributed by atoms with Crippen LogP contribution in [0.4, 0.5) is 10.1 Å². The molecule has 0 amide bonds. The summed E-state index contributed by atoms with van der Waals surface area (Å²) >= 11 is 0. The van der Waals surface area contributed by atoms with Crippen molar-refractivity contribution >= 4 is 11.9 Å². The van der Waals surface area contributed by atoms with Crippen LogP contribution in [-0.2, 0) is 5.79 Å².